The van der Waals surface area contributed by atoms with Crippen molar-refractivity contribution >= 4 is 34.8 Å². The smallest absolute Gasteiger partial charge is 0.382 e. The molecule has 0 aliphatic heterocycles. The molecule has 1 N–H and O–H groups in total. The highest BCUT2D eigenvalue weighted by molar-refractivity contribution is 6.43. The Morgan fingerprint density at radius 2 is 1.74 bits per heavy atom. The van der Waals surface area contributed by atoms with Crippen molar-refractivity contribution in [1.82, 2.24) is 24.3 Å². The van der Waals surface area contributed by atoms with Crippen LogP contribution in [-0.2, 0) is 13.1 Å². The predicted molar refractivity (Wildman–Crippen MR) is 126 cm³/mol. The lowest BCUT2D eigenvalue weighted by Gasteiger charge is -2.15. The number of alkyl halides is 3. The highest BCUT2D eigenvalue weighted by atomic mass is 35.5. The Morgan fingerprint density at radius 1 is 1.03 bits per heavy atom. The van der Waals surface area contributed by atoms with Crippen LogP contribution in [0.1, 0.15) is 5.69 Å². The van der Waals surface area contributed by atoms with E-state index in [1.54, 1.807) is 24.3 Å². The number of aromatic nitrogens is 5. The highest BCUT2D eigenvalue weighted by Crippen LogP contribution is 2.32. The minimum absolute atomic E-state index is 0.0675. The molecule has 35 heavy (non-hydrogen) atoms. The van der Waals surface area contributed by atoms with Crippen LogP contribution in [0.25, 0.3) is 22.6 Å². The molecule has 4 rings (SSSR count). The van der Waals surface area contributed by atoms with Crippen molar-refractivity contribution in [2.45, 2.75) is 25.4 Å². The van der Waals surface area contributed by atoms with Crippen molar-refractivity contribution in [2.75, 3.05) is 0 Å². The average molecular weight is 545 g/mol. The van der Waals surface area contributed by atoms with Gasteiger partial charge in [-0.3, -0.25) is 4.57 Å². The molecule has 1 atom stereocenters. The third kappa shape index (κ3) is 5.51. The molecular formula is C22H15Cl3F3N5O2. The summed E-state index contributed by atoms with van der Waals surface area (Å²) in [6, 6.07) is 12.6. The standard InChI is InChI=1S/C22H15Cl3F3N5O2/c23-13-6-4-12(5-7-13)20-31-33(21(35)32(20)10-18(34)22(26,27)28)9-14-8-17(30-11-29-14)15-2-1-3-16(24)19(15)25/h1-8,11,18,34H,9-10H2/t18-/m1/s1. The maximum Gasteiger partial charge on any atom is 0.416 e. The summed E-state index contributed by atoms with van der Waals surface area (Å²) in [7, 11) is 0. The first-order valence-corrected chi connectivity index (χ1v) is 11.1. The van der Waals surface area contributed by atoms with E-state index in [2.05, 4.69) is 15.1 Å². The fourth-order valence-electron chi connectivity index (χ4n) is 3.28. The second kappa shape index (κ2) is 9.98. The molecule has 0 saturated heterocycles. The van der Waals surface area contributed by atoms with E-state index >= 15 is 0 Å². The van der Waals surface area contributed by atoms with Crippen LogP contribution in [0, 0.1) is 0 Å². The fourth-order valence-corrected chi connectivity index (χ4v) is 3.81. The third-order valence-corrected chi connectivity index (χ3v) is 6.09. The van der Waals surface area contributed by atoms with E-state index < -0.39 is 24.5 Å². The van der Waals surface area contributed by atoms with E-state index in [-0.39, 0.29) is 17.4 Å². The number of hydrogen-bond acceptors (Lipinski definition) is 5. The first-order chi connectivity index (χ1) is 16.5. The first-order valence-electron chi connectivity index (χ1n) is 9.98. The molecule has 4 aromatic rings. The van der Waals surface area contributed by atoms with Crippen LogP contribution in [0.5, 0.6) is 0 Å². The number of benzene rings is 2. The Balaban J connectivity index is 1.74. The summed E-state index contributed by atoms with van der Waals surface area (Å²) in [4.78, 5) is 21.3. The molecule has 0 bridgehead atoms. The van der Waals surface area contributed by atoms with E-state index in [0.29, 0.717) is 32.6 Å². The zero-order chi connectivity index (χ0) is 25.3. The molecular weight excluding hydrogens is 530 g/mol. The summed E-state index contributed by atoms with van der Waals surface area (Å²) in [5.74, 6) is -0.0675. The molecule has 0 spiro atoms. The van der Waals surface area contributed by atoms with Gasteiger partial charge in [-0.2, -0.15) is 13.2 Å². The van der Waals surface area contributed by atoms with E-state index in [4.69, 9.17) is 34.8 Å². The maximum absolute atomic E-state index is 13.0. The number of nitrogens with zero attached hydrogens (tertiary/aromatic N) is 5. The minimum atomic E-state index is -4.92. The molecule has 7 nitrogen and oxygen atoms in total. The SMILES string of the molecule is O=c1n(Cc2cc(-c3cccc(Cl)c3Cl)ncn2)nc(-c2ccc(Cl)cc2)n1C[C@@H](O)C(F)(F)F. The Hall–Kier alpha value is -2.92. The normalized spacial score (nSPS) is 12.7. The van der Waals surface area contributed by atoms with Crippen LogP contribution < -0.4 is 5.69 Å². The van der Waals surface area contributed by atoms with Crippen LogP contribution in [0.2, 0.25) is 15.1 Å². The van der Waals surface area contributed by atoms with Gasteiger partial charge >= 0.3 is 11.9 Å². The molecule has 13 heteroatoms. The van der Waals surface area contributed by atoms with Crippen LogP contribution in [0.15, 0.2) is 59.7 Å². The number of aliphatic hydroxyl groups excluding tert-OH is 1. The van der Waals surface area contributed by atoms with Gasteiger partial charge in [-0.05, 0) is 36.4 Å². The zero-order valence-electron chi connectivity index (χ0n) is 17.5. The second-order valence-electron chi connectivity index (χ2n) is 7.43. The molecule has 0 fully saturated rings. The minimum Gasteiger partial charge on any atom is -0.382 e. The fraction of sp³-hybridized carbons (Fsp3) is 0.182. The summed E-state index contributed by atoms with van der Waals surface area (Å²) in [5, 5.41) is 14.8. The lowest BCUT2D eigenvalue weighted by molar-refractivity contribution is -0.207. The molecule has 0 amide bonds. The van der Waals surface area contributed by atoms with Gasteiger partial charge in [0.2, 0.25) is 0 Å². The number of halogens is 6. The zero-order valence-corrected chi connectivity index (χ0v) is 19.8. The van der Waals surface area contributed by atoms with Gasteiger partial charge in [-0.25, -0.2) is 19.4 Å². The molecule has 2 aromatic heterocycles. The quantitative estimate of drug-likeness (QED) is 0.365. The molecule has 0 unspecified atom stereocenters. The molecule has 0 saturated carbocycles. The maximum atomic E-state index is 13.0. The average Bonchev–Trinajstić information content (AvgIpc) is 3.11. The van der Waals surface area contributed by atoms with Gasteiger partial charge in [0.1, 0.15) is 6.33 Å². The summed E-state index contributed by atoms with van der Waals surface area (Å²) < 4.78 is 40.8. The van der Waals surface area contributed by atoms with Crippen LogP contribution in [0.3, 0.4) is 0 Å². The predicted octanol–water partition coefficient (Wildman–Crippen LogP) is 5.10. The lowest BCUT2D eigenvalue weighted by atomic mass is 10.1. The Labute approximate surface area is 211 Å². The van der Waals surface area contributed by atoms with Gasteiger partial charge in [0, 0.05) is 16.1 Å². The van der Waals surface area contributed by atoms with Gasteiger partial charge in [0.05, 0.1) is 34.5 Å². The largest absolute Gasteiger partial charge is 0.416 e. The summed E-state index contributed by atoms with van der Waals surface area (Å²) in [6.07, 6.45) is -6.42. The number of aliphatic hydroxyl groups is 1. The summed E-state index contributed by atoms with van der Waals surface area (Å²) >= 11 is 18.2. The molecule has 2 aromatic carbocycles. The van der Waals surface area contributed by atoms with Crippen molar-refractivity contribution < 1.29 is 18.3 Å². The monoisotopic (exact) mass is 543 g/mol. The molecule has 0 aliphatic carbocycles. The third-order valence-electron chi connectivity index (χ3n) is 5.02. The van der Waals surface area contributed by atoms with Gasteiger partial charge in [-0.1, -0.05) is 46.9 Å². The summed E-state index contributed by atoms with van der Waals surface area (Å²) in [6.45, 7) is -1.21. The van der Waals surface area contributed by atoms with Crippen molar-refractivity contribution in [3.63, 3.8) is 0 Å². The van der Waals surface area contributed by atoms with Gasteiger partial charge in [0.15, 0.2) is 11.9 Å². The molecule has 0 radical (unpaired) electrons. The first kappa shape index (κ1) is 25.2. The highest BCUT2D eigenvalue weighted by Gasteiger charge is 2.39. The van der Waals surface area contributed by atoms with Gasteiger partial charge < -0.3 is 5.11 Å². The van der Waals surface area contributed by atoms with Crippen molar-refractivity contribution in [1.29, 1.82) is 0 Å². The van der Waals surface area contributed by atoms with Crippen molar-refractivity contribution in [3.8, 4) is 22.6 Å². The van der Waals surface area contributed by atoms with E-state index in [9.17, 15) is 23.1 Å². The Kier molecular flexibility index (Phi) is 7.18. The molecule has 182 valence electrons. The topological polar surface area (TPSA) is 85.8 Å². The van der Waals surface area contributed by atoms with Crippen molar-refractivity contribution in [3.05, 3.63) is 86.1 Å². The summed E-state index contributed by atoms with van der Waals surface area (Å²) in [5.41, 5.74) is 0.793. The Morgan fingerprint density at radius 3 is 2.43 bits per heavy atom. The van der Waals surface area contributed by atoms with Crippen molar-refractivity contribution in [2.24, 2.45) is 0 Å². The van der Waals surface area contributed by atoms with E-state index in [1.807, 2.05) is 0 Å². The van der Waals surface area contributed by atoms with Gasteiger partial charge in [0.25, 0.3) is 0 Å². The number of hydrogen-bond donors (Lipinski definition) is 1. The van der Waals surface area contributed by atoms with Gasteiger partial charge in [-0.15, -0.1) is 5.10 Å². The molecule has 2 heterocycles. The van der Waals surface area contributed by atoms with Crippen LogP contribution in [0.4, 0.5) is 13.2 Å². The van der Waals surface area contributed by atoms with E-state index in [0.717, 1.165) is 9.25 Å². The van der Waals surface area contributed by atoms with Crippen LogP contribution >= 0.6 is 34.8 Å². The molecule has 0 aliphatic rings. The van der Waals surface area contributed by atoms with Crippen LogP contribution in [-0.4, -0.2) is 41.7 Å². The second-order valence-corrected chi connectivity index (χ2v) is 8.66. The Bertz CT molecular complexity index is 1420. The lowest BCUT2D eigenvalue weighted by Crippen LogP contribution is -2.37. The number of rotatable bonds is 6. The van der Waals surface area contributed by atoms with E-state index in [1.165, 1.54) is 30.6 Å².